The van der Waals surface area contributed by atoms with Gasteiger partial charge in [0, 0.05) is 21.6 Å². The molecule has 2 aromatic carbocycles. The molecule has 0 fully saturated rings. The summed E-state index contributed by atoms with van der Waals surface area (Å²) in [6, 6.07) is 7.17. The van der Waals surface area contributed by atoms with Crippen LogP contribution in [0.4, 0.5) is 30.4 Å². The van der Waals surface area contributed by atoms with E-state index < -0.39 is 17.8 Å². The zero-order valence-electron chi connectivity index (χ0n) is 17.0. The van der Waals surface area contributed by atoms with Crippen molar-refractivity contribution in [1.82, 2.24) is 9.97 Å². The van der Waals surface area contributed by atoms with Crippen LogP contribution in [0.5, 0.6) is 0 Å². The van der Waals surface area contributed by atoms with Crippen LogP contribution < -0.4 is 16.4 Å². The van der Waals surface area contributed by atoms with Gasteiger partial charge in [-0.3, -0.25) is 0 Å². The van der Waals surface area contributed by atoms with Crippen molar-refractivity contribution in [1.29, 1.82) is 0 Å². The van der Waals surface area contributed by atoms with Crippen LogP contribution in [0.3, 0.4) is 0 Å². The number of nitrogens with one attached hydrogen (secondary N) is 2. The number of alkyl halides is 3. The van der Waals surface area contributed by atoms with Crippen LogP contribution in [0, 0.1) is 6.92 Å². The summed E-state index contributed by atoms with van der Waals surface area (Å²) >= 11 is 3.56. The molecule has 0 aliphatic carbocycles. The van der Waals surface area contributed by atoms with Crippen LogP contribution >= 0.6 is 15.9 Å². The highest BCUT2D eigenvalue weighted by molar-refractivity contribution is 9.10. The van der Waals surface area contributed by atoms with E-state index in [-0.39, 0.29) is 11.7 Å². The molecule has 3 rings (SSSR count). The van der Waals surface area contributed by atoms with Gasteiger partial charge in [0.25, 0.3) is 0 Å². The second-order valence-electron chi connectivity index (χ2n) is 7.52. The highest BCUT2D eigenvalue weighted by Gasteiger charge is 2.31. The molecule has 160 valence electrons. The number of aryl methyl sites for hydroxylation is 1. The predicted molar refractivity (Wildman–Crippen MR) is 119 cm³/mol. The Hall–Kier alpha value is -2.55. The Labute approximate surface area is 181 Å². The van der Waals surface area contributed by atoms with Gasteiger partial charge in [0.1, 0.15) is 11.6 Å². The summed E-state index contributed by atoms with van der Waals surface area (Å²) in [5.74, 6) is 1.09. The Bertz CT molecular complexity index is 1080. The minimum atomic E-state index is -4.47. The highest BCUT2D eigenvalue weighted by atomic mass is 79.9. The molecule has 4 N–H and O–H groups in total. The largest absolute Gasteiger partial charge is 0.416 e. The van der Waals surface area contributed by atoms with Gasteiger partial charge in [-0.2, -0.15) is 13.2 Å². The Morgan fingerprint density at radius 3 is 2.33 bits per heavy atom. The summed E-state index contributed by atoms with van der Waals surface area (Å²) < 4.78 is 40.3. The standard InChI is InChI=1S/C21H23BrF3N5/c1-10(2)27-19-9-18-16(8-17(19)22)20(30-12(4)29-18)28-11(3)13-5-14(21(23,24)25)7-15(26)6-13/h5-11,27H,26H2,1-4H3,(H,28,29,30). The summed E-state index contributed by atoms with van der Waals surface area (Å²) in [7, 11) is 0. The minimum absolute atomic E-state index is 0.0596. The van der Waals surface area contributed by atoms with Gasteiger partial charge in [0.2, 0.25) is 0 Å². The number of rotatable bonds is 5. The van der Waals surface area contributed by atoms with E-state index in [9.17, 15) is 13.2 Å². The molecule has 1 unspecified atom stereocenters. The lowest BCUT2D eigenvalue weighted by molar-refractivity contribution is -0.137. The Kier molecular flexibility index (Phi) is 6.12. The maximum Gasteiger partial charge on any atom is 0.416 e. The van der Waals surface area contributed by atoms with Gasteiger partial charge < -0.3 is 16.4 Å². The first kappa shape index (κ1) is 22.1. The van der Waals surface area contributed by atoms with Crippen LogP contribution in [-0.4, -0.2) is 16.0 Å². The summed E-state index contributed by atoms with van der Waals surface area (Å²) in [5, 5.41) is 7.33. The number of halogens is 4. The SMILES string of the molecule is Cc1nc(NC(C)c2cc(N)cc(C(F)(F)F)c2)c2cc(Br)c(NC(C)C)cc2n1. The lowest BCUT2D eigenvalue weighted by Gasteiger charge is -2.20. The molecule has 0 radical (unpaired) electrons. The Balaban J connectivity index is 2.01. The number of hydrogen-bond donors (Lipinski definition) is 3. The lowest BCUT2D eigenvalue weighted by atomic mass is 10.0. The summed E-state index contributed by atoms with van der Waals surface area (Å²) in [6.45, 7) is 7.62. The van der Waals surface area contributed by atoms with Crippen molar-refractivity contribution in [2.45, 2.75) is 46.0 Å². The molecule has 0 spiro atoms. The molecule has 0 amide bonds. The van der Waals surface area contributed by atoms with Gasteiger partial charge in [-0.05, 0) is 79.5 Å². The van der Waals surface area contributed by atoms with Crippen molar-refractivity contribution in [2.75, 3.05) is 16.4 Å². The first-order chi connectivity index (χ1) is 13.9. The number of nitrogens with two attached hydrogens (primary N) is 1. The topological polar surface area (TPSA) is 75.9 Å². The Morgan fingerprint density at radius 2 is 1.70 bits per heavy atom. The van der Waals surface area contributed by atoms with Gasteiger partial charge in [-0.25, -0.2) is 9.97 Å². The van der Waals surface area contributed by atoms with E-state index in [0.29, 0.717) is 17.2 Å². The molecule has 1 heterocycles. The first-order valence-corrected chi connectivity index (χ1v) is 10.2. The summed E-state index contributed by atoms with van der Waals surface area (Å²) in [5.41, 5.74) is 7.05. The summed E-state index contributed by atoms with van der Waals surface area (Å²) in [4.78, 5) is 8.98. The molecule has 0 aliphatic heterocycles. The van der Waals surface area contributed by atoms with E-state index in [1.807, 2.05) is 26.0 Å². The number of nitrogens with zero attached hydrogens (tertiary/aromatic N) is 2. The third-order valence-electron chi connectivity index (χ3n) is 4.50. The fourth-order valence-electron chi connectivity index (χ4n) is 3.18. The Morgan fingerprint density at radius 1 is 1.00 bits per heavy atom. The molecule has 0 aliphatic rings. The van der Waals surface area contributed by atoms with E-state index in [4.69, 9.17) is 5.73 Å². The maximum absolute atomic E-state index is 13.2. The van der Waals surface area contributed by atoms with Crippen molar-refractivity contribution in [3.63, 3.8) is 0 Å². The van der Waals surface area contributed by atoms with Crippen molar-refractivity contribution < 1.29 is 13.2 Å². The molecule has 0 saturated carbocycles. The second-order valence-corrected chi connectivity index (χ2v) is 8.37. The third kappa shape index (κ3) is 4.95. The van der Waals surface area contributed by atoms with Crippen LogP contribution in [0.15, 0.2) is 34.8 Å². The van der Waals surface area contributed by atoms with E-state index in [1.54, 1.807) is 13.8 Å². The maximum atomic E-state index is 13.2. The first-order valence-electron chi connectivity index (χ1n) is 9.42. The molecule has 30 heavy (non-hydrogen) atoms. The van der Waals surface area contributed by atoms with E-state index >= 15 is 0 Å². The minimum Gasteiger partial charge on any atom is -0.399 e. The summed E-state index contributed by atoms with van der Waals surface area (Å²) in [6.07, 6.45) is -4.47. The number of aromatic nitrogens is 2. The molecule has 9 heteroatoms. The average molecular weight is 482 g/mol. The van der Waals surface area contributed by atoms with Gasteiger partial charge >= 0.3 is 6.18 Å². The van der Waals surface area contributed by atoms with E-state index in [1.165, 1.54) is 6.07 Å². The van der Waals surface area contributed by atoms with Crippen molar-refractivity contribution in [3.05, 3.63) is 51.8 Å². The van der Waals surface area contributed by atoms with Gasteiger partial charge in [0.15, 0.2) is 0 Å². The molecule has 5 nitrogen and oxygen atoms in total. The monoisotopic (exact) mass is 481 g/mol. The lowest BCUT2D eigenvalue weighted by Crippen LogP contribution is -2.13. The molecule has 0 bridgehead atoms. The smallest absolute Gasteiger partial charge is 0.399 e. The van der Waals surface area contributed by atoms with Gasteiger partial charge in [-0.15, -0.1) is 0 Å². The number of nitrogen functional groups attached to an aromatic ring is 1. The molecular weight excluding hydrogens is 459 g/mol. The number of anilines is 3. The normalized spacial score (nSPS) is 13.0. The van der Waals surface area contributed by atoms with Crippen molar-refractivity contribution in [3.8, 4) is 0 Å². The van der Waals surface area contributed by atoms with E-state index in [0.717, 1.165) is 33.2 Å². The van der Waals surface area contributed by atoms with Crippen LogP contribution in [0.1, 0.15) is 43.8 Å². The van der Waals surface area contributed by atoms with Gasteiger partial charge in [0.05, 0.1) is 22.8 Å². The van der Waals surface area contributed by atoms with Crippen LogP contribution in [0.25, 0.3) is 10.9 Å². The van der Waals surface area contributed by atoms with Gasteiger partial charge in [-0.1, -0.05) is 0 Å². The zero-order valence-corrected chi connectivity index (χ0v) is 18.6. The number of benzene rings is 2. The highest BCUT2D eigenvalue weighted by Crippen LogP contribution is 2.35. The average Bonchev–Trinajstić information content (AvgIpc) is 2.61. The third-order valence-corrected chi connectivity index (χ3v) is 5.15. The second kappa shape index (κ2) is 8.29. The van der Waals surface area contributed by atoms with E-state index in [2.05, 4.69) is 36.5 Å². The fourth-order valence-corrected chi connectivity index (χ4v) is 3.63. The molecular formula is C21H23BrF3N5. The fraction of sp³-hybridized carbons (Fsp3) is 0.333. The number of hydrogen-bond acceptors (Lipinski definition) is 5. The number of fused-ring (bicyclic) bond motifs is 1. The quantitative estimate of drug-likeness (QED) is 0.373. The molecule has 3 aromatic rings. The molecule has 1 atom stereocenters. The van der Waals surface area contributed by atoms with Crippen LogP contribution in [0.2, 0.25) is 0 Å². The van der Waals surface area contributed by atoms with Crippen LogP contribution in [-0.2, 0) is 6.18 Å². The molecule has 0 saturated heterocycles. The molecule has 1 aromatic heterocycles. The van der Waals surface area contributed by atoms with Crippen molar-refractivity contribution in [2.24, 2.45) is 0 Å². The zero-order chi connectivity index (χ0) is 22.2. The predicted octanol–water partition coefficient (Wildman–Crippen LogP) is 6.30. The van der Waals surface area contributed by atoms with Crippen molar-refractivity contribution >= 4 is 44.0 Å².